The molecule has 0 aliphatic rings. The largest absolute Gasteiger partial charge is 0.352 e. The summed E-state index contributed by atoms with van der Waals surface area (Å²) in [6.45, 7) is 4.50. The molecule has 0 unspecified atom stereocenters. The summed E-state index contributed by atoms with van der Waals surface area (Å²) in [4.78, 5) is 16.1. The van der Waals surface area contributed by atoms with Gasteiger partial charge in [-0.15, -0.1) is 0 Å². The fourth-order valence-electron chi connectivity index (χ4n) is 2.66. The number of hydrogen-bond acceptors (Lipinski definition) is 4. The van der Waals surface area contributed by atoms with Crippen molar-refractivity contribution in [1.29, 1.82) is 0 Å². The molecule has 2 aromatic rings. The zero-order chi connectivity index (χ0) is 19.2. The maximum atomic E-state index is 12.3. The van der Waals surface area contributed by atoms with Gasteiger partial charge in [0.1, 0.15) is 0 Å². The fourth-order valence-corrected chi connectivity index (χ4v) is 3.61. The number of carbonyl (C=O) groups is 1. The van der Waals surface area contributed by atoms with Crippen LogP contribution in [0.15, 0.2) is 48.8 Å². The number of nitrogens with one attached hydrogen (secondary N) is 1. The van der Waals surface area contributed by atoms with Crippen LogP contribution in [-0.4, -0.2) is 32.1 Å². The average molecular weight is 375 g/mol. The first kappa shape index (κ1) is 19.9. The molecule has 6 nitrogen and oxygen atoms in total. The number of nitrogens with zero attached hydrogens (tertiary/aromatic N) is 2. The van der Waals surface area contributed by atoms with Crippen molar-refractivity contribution in [3.05, 3.63) is 59.9 Å². The molecular weight excluding hydrogens is 350 g/mol. The standard InChI is InChI=1S/C19H25N3O3S/c1-15(2)17-8-4-5-9-18(17)22(26(3,24)25)12-10-19(23)21-14-16-7-6-11-20-13-16/h4-9,11,13,15H,10,12,14H2,1-3H3,(H,21,23). The molecule has 140 valence electrons. The third kappa shape index (κ3) is 5.56. The Bertz CT molecular complexity index is 836. The number of benzene rings is 1. The summed E-state index contributed by atoms with van der Waals surface area (Å²) in [6, 6.07) is 11.1. The summed E-state index contributed by atoms with van der Waals surface area (Å²) >= 11 is 0. The molecule has 1 N–H and O–H groups in total. The molecule has 7 heteroatoms. The molecule has 0 radical (unpaired) electrons. The molecule has 0 bridgehead atoms. The van der Waals surface area contributed by atoms with Crippen molar-refractivity contribution < 1.29 is 13.2 Å². The van der Waals surface area contributed by atoms with E-state index < -0.39 is 10.0 Å². The van der Waals surface area contributed by atoms with E-state index in [1.807, 2.05) is 38.1 Å². The van der Waals surface area contributed by atoms with Gasteiger partial charge in [0.2, 0.25) is 15.9 Å². The molecule has 0 aliphatic carbocycles. The highest BCUT2D eigenvalue weighted by Gasteiger charge is 2.22. The van der Waals surface area contributed by atoms with E-state index >= 15 is 0 Å². The Morgan fingerprint density at radius 1 is 1.19 bits per heavy atom. The smallest absolute Gasteiger partial charge is 0.232 e. The van der Waals surface area contributed by atoms with Gasteiger partial charge in [0, 0.05) is 31.9 Å². The molecule has 2 rings (SSSR count). The van der Waals surface area contributed by atoms with E-state index in [9.17, 15) is 13.2 Å². The Labute approximate surface area is 155 Å². The molecule has 0 saturated heterocycles. The summed E-state index contributed by atoms with van der Waals surface area (Å²) in [5.74, 6) is -0.0283. The van der Waals surface area contributed by atoms with E-state index in [2.05, 4.69) is 10.3 Å². The lowest BCUT2D eigenvalue weighted by Gasteiger charge is -2.26. The minimum absolute atomic E-state index is 0.0831. The second kappa shape index (κ2) is 8.80. The number of anilines is 1. The van der Waals surface area contributed by atoms with Crippen molar-refractivity contribution >= 4 is 21.6 Å². The van der Waals surface area contributed by atoms with Crippen LogP contribution in [0.2, 0.25) is 0 Å². The van der Waals surface area contributed by atoms with Gasteiger partial charge in [-0.05, 0) is 29.2 Å². The fraction of sp³-hybridized carbons (Fsp3) is 0.368. The number of rotatable bonds is 8. The average Bonchev–Trinajstić information content (AvgIpc) is 2.60. The van der Waals surface area contributed by atoms with Gasteiger partial charge in [0.25, 0.3) is 0 Å². The zero-order valence-corrected chi connectivity index (χ0v) is 16.2. The van der Waals surface area contributed by atoms with Crippen LogP contribution in [0.1, 0.15) is 37.3 Å². The summed E-state index contributed by atoms with van der Waals surface area (Å²) in [7, 11) is -3.49. The molecular formula is C19H25N3O3S. The molecule has 0 aliphatic heterocycles. The summed E-state index contributed by atoms with van der Waals surface area (Å²) < 4.78 is 25.9. The minimum Gasteiger partial charge on any atom is -0.352 e. The van der Waals surface area contributed by atoms with Gasteiger partial charge in [-0.2, -0.15) is 0 Å². The molecule has 0 atom stereocenters. The van der Waals surface area contributed by atoms with Crippen LogP contribution in [0.4, 0.5) is 5.69 Å². The number of hydrogen-bond donors (Lipinski definition) is 1. The predicted octanol–water partition coefficient (Wildman–Crippen LogP) is 2.68. The lowest BCUT2D eigenvalue weighted by molar-refractivity contribution is -0.121. The molecule has 1 amide bonds. The molecule has 1 aromatic carbocycles. The Morgan fingerprint density at radius 2 is 1.92 bits per heavy atom. The van der Waals surface area contributed by atoms with Crippen molar-refractivity contribution in [2.75, 3.05) is 17.1 Å². The Balaban J connectivity index is 2.07. The number of sulfonamides is 1. The van der Waals surface area contributed by atoms with Gasteiger partial charge >= 0.3 is 0 Å². The number of aromatic nitrogens is 1. The third-order valence-corrected chi connectivity index (χ3v) is 5.16. The first-order valence-electron chi connectivity index (χ1n) is 8.51. The van der Waals surface area contributed by atoms with Crippen LogP contribution in [0.5, 0.6) is 0 Å². The molecule has 1 heterocycles. The summed E-state index contributed by atoms with van der Waals surface area (Å²) in [6.07, 6.45) is 4.60. The monoisotopic (exact) mass is 375 g/mol. The normalized spacial score (nSPS) is 11.4. The van der Waals surface area contributed by atoms with Crippen molar-refractivity contribution in [2.45, 2.75) is 32.7 Å². The van der Waals surface area contributed by atoms with E-state index in [-0.39, 0.29) is 24.8 Å². The maximum Gasteiger partial charge on any atom is 0.232 e. The molecule has 0 saturated carbocycles. The Hall–Kier alpha value is -2.41. The van der Waals surface area contributed by atoms with E-state index in [4.69, 9.17) is 0 Å². The van der Waals surface area contributed by atoms with Gasteiger partial charge in [-0.3, -0.25) is 14.1 Å². The van der Waals surface area contributed by atoms with Crippen molar-refractivity contribution in [1.82, 2.24) is 10.3 Å². The third-order valence-electron chi connectivity index (χ3n) is 3.98. The highest BCUT2D eigenvalue weighted by molar-refractivity contribution is 7.92. The molecule has 0 spiro atoms. The minimum atomic E-state index is -3.49. The summed E-state index contributed by atoms with van der Waals surface area (Å²) in [5.41, 5.74) is 2.46. The Kier molecular flexibility index (Phi) is 6.74. The van der Waals surface area contributed by atoms with Crippen molar-refractivity contribution in [3.63, 3.8) is 0 Å². The maximum absolute atomic E-state index is 12.3. The van der Waals surface area contributed by atoms with Crippen LogP contribution in [0.25, 0.3) is 0 Å². The molecule has 0 fully saturated rings. The van der Waals surface area contributed by atoms with Crippen LogP contribution < -0.4 is 9.62 Å². The van der Waals surface area contributed by atoms with Crippen molar-refractivity contribution in [3.8, 4) is 0 Å². The second-order valence-electron chi connectivity index (χ2n) is 6.44. The van der Waals surface area contributed by atoms with Gasteiger partial charge in [0.05, 0.1) is 11.9 Å². The molecule has 26 heavy (non-hydrogen) atoms. The summed E-state index contributed by atoms with van der Waals surface area (Å²) in [5, 5.41) is 2.79. The highest BCUT2D eigenvalue weighted by atomic mass is 32.2. The number of amides is 1. The lowest BCUT2D eigenvalue weighted by atomic mass is 10.0. The topological polar surface area (TPSA) is 79.4 Å². The second-order valence-corrected chi connectivity index (χ2v) is 8.34. The van der Waals surface area contributed by atoms with Crippen LogP contribution >= 0.6 is 0 Å². The lowest BCUT2D eigenvalue weighted by Crippen LogP contribution is -2.35. The quantitative estimate of drug-likeness (QED) is 0.769. The van der Waals surface area contributed by atoms with E-state index in [1.165, 1.54) is 4.31 Å². The Morgan fingerprint density at radius 3 is 2.54 bits per heavy atom. The zero-order valence-electron chi connectivity index (χ0n) is 15.3. The molecule has 1 aromatic heterocycles. The van der Waals surface area contributed by atoms with Crippen LogP contribution in [-0.2, 0) is 21.4 Å². The van der Waals surface area contributed by atoms with Gasteiger partial charge < -0.3 is 5.32 Å². The number of pyridine rings is 1. The first-order valence-corrected chi connectivity index (χ1v) is 10.4. The van der Waals surface area contributed by atoms with E-state index in [0.29, 0.717) is 12.2 Å². The van der Waals surface area contributed by atoms with Gasteiger partial charge in [-0.25, -0.2) is 8.42 Å². The van der Waals surface area contributed by atoms with Gasteiger partial charge in [-0.1, -0.05) is 38.1 Å². The number of para-hydroxylation sites is 1. The number of carbonyl (C=O) groups excluding carboxylic acids is 1. The van der Waals surface area contributed by atoms with Gasteiger partial charge in [0.15, 0.2) is 0 Å². The first-order chi connectivity index (χ1) is 12.3. The SMILES string of the molecule is CC(C)c1ccccc1N(CCC(=O)NCc1cccnc1)S(C)(=O)=O. The van der Waals surface area contributed by atoms with Crippen LogP contribution in [0, 0.1) is 0 Å². The highest BCUT2D eigenvalue weighted by Crippen LogP contribution is 2.29. The van der Waals surface area contributed by atoms with Crippen LogP contribution in [0.3, 0.4) is 0 Å². The van der Waals surface area contributed by atoms with E-state index in [1.54, 1.807) is 24.5 Å². The predicted molar refractivity (Wildman–Crippen MR) is 103 cm³/mol. The van der Waals surface area contributed by atoms with E-state index in [0.717, 1.165) is 17.4 Å². The van der Waals surface area contributed by atoms with Crippen molar-refractivity contribution in [2.24, 2.45) is 0 Å².